The highest BCUT2D eigenvalue weighted by molar-refractivity contribution is 6.17. The van der Waals surface area contributed by atoms with Gasteiger partial charge in [-0.05, 0) is 42.8 Å². The van der Waals surface area contributed by atoms with Gasteiger partial charge in [-0.1, -0.05) is 12.1 Å². The highest BCUT2D eigenvalue weighted by Gasteiger charge is 2.13. The van der Waals surface area contributed by atoms with Gasteiger partial charge in [-0.25, -0.2) is 4.98 Å². The Hall–Kier alpha value is -2.00. The van der Waals surface area contributed by atoms with Crippen molar-refractivity contribution in [3.05, 3.63) is 53.9 Å². The summed E-state index contributed by atoms with van der Waals surface area (Å²) in [5.41, 5.74) is 4.30. The molecule has 0 N–H and O–H groups in total. The Morgan fingerprint density at radius 3 is 2.55 bits per heavy atom. The van der Waals surface area contributed by atoms with Crippen LogP contribution in [0.15, 0.2) is 42.5 Å². The molecule has 20 heavy (non-hydrogen) atoms. The zero-order valence-corrected chi connectivity index (χ0v) is 12.2. The summed E-state index contributed by atoms with van der Waals surface area (Å²) in [6, 6.07) is 14.0. The molecule has 4 heteroatoms. The third kappa shape index (κ3) is 2.04. The zero-order chi connectivity index (χ0) is 14.1. The maximum absolute atomic E-state index is 6.06. The second-order valence-corrected chi connectivity index (χ2v) is 4.91. The van der Waals surface area contributed by atoms with E-state index in [0.717, 1.165) is 28.3 Å². The normalized spacial score (nSPS) is 10.9. The van der Waals surface area contributed by atoms with Crippen LogP contribution in [0.25, 0.3) is 16.7 Å². The van der Waals surface area contributed by atoms with E-state index in [1.807, 2.05) is 36.4 Å². The van der Waals surface area contributed by atoms with E-state index < -0.39 is 0 Å². The van der Waals surface area contributed by atoms with Crippen molar-refractivity contribution in [2.45, 2.75) is 12.8 Å². The highest BCUT2D eigenvalue weighted by Crippen LogP contribution is 2.26. The lowest BCUT2D eigenvalue weighted by Crippen LogP contribution is -2.00. The largest absolute Gasteiger partial charge is 0.497 e. The first-order valence-electron chi connectivity index (χ1n) is 6.42. The van der Waals surface area contributed by atoms with Gasteiger partial charge in [0.25, 0.3) is 0 Å². The van der Waals surface area contributed by atoms with Gasteiger partial charge in [0.2, 0.25) is 0 Å². The van der Waals surface area contributed by atoms with Crippen molar-refractivity contribution in [1.29, 1.82) is 0 Å². The Labute approximate surface area is 122 Å². The van der Waals surface area contributed by atoms with E-state index in [9.17, 15) is 0 Å². The molecule has 0 amide bonds. The van der Waals surface area contributed by atoms with Crippen LogP contribution >= 0.6 is 11.6 Å². The van der Waals surface area contributed by atoms with E-state index in [2.05, 4.69) is 22.5 Å². The number of imidazole rings is 1. The number of ether oxygens (including phenoxy) is 1. The minimum atomic E-state index is 0.375. The second-order valence-electron chi connectivity index (χ2n) is 4.64. The quantitative estimate of drug-likeness (QED) is 0.678. The Kier molecular flexibility index (Phi) is 3.36. The number of fused-ring (bicyclic) bond motifs is 1. The summed E-state index contributed by atoms with van der Waals surface area (Å²) < 4.78 is 7.31. The molecule has 1 heterocycles. The maximum Gasteiger partial charge on any atom is 0.129 e. The molecule has 0 aliphatic carbocycles. The molecule has 0 atom stereocenters. The SMILES string of the molecule is COc1ccc(-n2c(CCl)nc3cccc(C)c32)cc1. The number of rotatable bonds is 3. The van der Waals surface area contributed by atoms with Crippen molar-refractivity contribution in [3.63, 3.8) is 0 Å². The van der Waals surface area contributed by atoms with E-state index in [1.54, 1.807) is 7.11 Å². The van der Waals surface area contributed by atoms with Crippen molar-refractivity contribution in [1.82, 2.24) is 9.55 Å². The van der Waals surface area contributed by atoms with Crippen LogP contribution in [-0.4, -0.2) is 16.7 Å². The standard InChI is InChI=1S/C16H15ClN2O/c1-11-4-3-5-14-16(11)19(15(10-17)18-14)12-6-8-13(20-2)9-7-12/h3-9H,10H2,1-2H3. The first-order chi connectivity index (χ1) is 9.74. The van der Waals surface area contributed by atoms with Gasteiger partial charge in [-0.15, -0.1) is 11.6 Å². The minimum Gasteiger partial charge on any atom is -0.497 e. The first kappa shape index (κ1) is 13.0. The molecule has 102 valence electrons. The molecule has 1 aromatic heterocycles. The molecule has 3 rings (SSSR count). The Morgan fingerprint density at radius 1 is 1.15 bits per heavy atom. The number of hydrogen-bond acceptors (Lipinski definition) is 2. The lowest BCUT2D eigenvalue weighted by atomic mass is 10.2. The molecular weight excluding hydrogens is 272 g/mol. The average Bonchev–Trinajstić information content (AvgIpc) is 2.87. The molecule has 0 saturated carbocycles. The maximum atomic E-state index is 6.06. The monoisotopic (exact) mass is 286 g/mol. The second kappa shape index (κ2) is 5.17. The summed E-state index contributed by atoms with van der Waals surface area (Å²) in [5.74, 6) is 2.06. The third-order valence-corrected chi connectivity index (χ3v) is 3.64. The number of halogens is 1. The summed E-state index contributed by atoms with van der Waals surface area (Å²) in [5, 5.41) is 0. The summed E-state index contributed by atoms with van der Waals surface area (Å²) in [6.07, 6.45) is 0. The fraction of sp³-hybridized carbons (Fsp3) is 0.188. The molecule has 0 aliphatic heterocycles. The van der Waals surface area contributed by atoms with Crippen LogP contribution in [0.5, 0.6) is 5.75 Å². The van der Waals surface area contributed by atoms with Crippen LogP contribution in [0.3, 0.4) is 0 Å². The van der Waals surface area contributed by atoms with Crippen LogP contribution in [-0.2, 0) is 5.88 Å². The third-order valence-electron chi connectivity index (χ3n) is 3.40. The molecule has 2 aromatic carbocycles. The molecule has 3 aromatic rings. The Balaban J connectivity index is 2.27. The molecular formula is C16H15ClN2O. The molecule has 0 unspecified atom stereocenters. The number of methoxy groups -OCH3 is 1. The fourth-order valence-corrected chi connectivity index (χ4v) is 2.62. The highest BCUT2D eigenvalue weighted by atomic mass is 35.5. The molecule has 0 saturated heterocycles. The van der Waals surface area contributed by atoms with Crippen LogP contribution in [0.2, 0.25) is 0 Å². The van der Waals surface area contributed by atoms with Gasteiger partial charge in [-0.2, -0.15) is 0 Å². The summed E-state index contributed by atoms with van der Waals surface area (Å²) in [4.78, 5) is 4.61. The predicted molar refractivity (Wildman–Crippen MR) is 81.9 cm³/mol. The molecule has 0 bridgehead atoms. The molecule has 3 nitrogen and oxygen atoms in total. The van der Waals surface area contributed by atoms with Gasteiger partial charge in [-0.3, -0.25) is 4.57 Å². The lowest BCUT2D eigenvalue weighted by Gasteiger charge is -2.10. The number of nitrogens with zero attached hydrogens (tertiary/aromatic N) is 2. The van der Waals surface area contributed by atoms with Crippen LogP contribution in [0.4, 0.5) is 0 Å². The van der Waals surface area contributed by atoms with Gasteiger partial charge in [0, 0.05) is 5.69 Å². The van der Waals surface area contributed by atoms with Crippen molar-refractivity contribution < 1.29 is 4.74 Å². The summed E-state index contributed by atoms with van der Waals surface area (Å²) in [7, 11) is 1.66. The lowest BCUT2D eigenvalue weighted by molar-refractivity contribution is 0.414. The van der Waals surface area contributed by atoms with Gasteiger partial charge in [0.15, 0.2) is 0 Å². The fourth-order valence-electron chi connectivity index (χ4n) is 2.44. The number of aromatic nitrogens is 2. The van der Waals surface area contributed by atoms with Gasteiger partial charge < -0.3 is 4.74 Å². The topological polar surface area (TPSA) is 27.1 Å². The Bertz CT molecular complexity index is 747. The van der Waals surface area contributed by atoms with Crippen molar-refractivity contribution in [2.24, 2.45) is 0 Å². The smallest absolute Gasteiger partial charge is 0.129 e. The summed E-state index contributed by atoms with van der Waals surface area (Å²) >= 11 is 6.06. The molecule has 0 spiro atoms. The van der Waals surface area contributed by atoms with Crippen LogP contribution < -0.4 is 4.74 Å². The number of benzene rings is 2. The number of hydrogen-bond donors (Lipinski definition) is 0. The average molecular weight is 287 g/mol. The molecule has 0 fully saturated rings. The zero-order valence-electron chi connectivity index (χ0n) is 11.4. The van der Waals surface area contributed by atoms with E-state index in [0.29, 0.717) is 5.88 Å². The number of para-hydroxylation sites is 1. The Morgan fingerprint density at radius 2 is 1.90 bits per heavy atom. The number of alkyl halides is 1. The van der Waals surface area contributed by atoms with E-state index >= 15 is 0 Å². The molecule has 0 aliphatic rings. The van der Waals surface area contributed by atoms with E-state index in [4.69, 9.17) is 16.3 Å². The van der Waals surface area contributed by atoms with Crippen LogP contribution in [0, 0.1) is 6.92 Å². The van der Waals surface area contributed by atoms with Crippen molar-refractivity contribution >= 4 is 22.6 Å². The van der Waals surface area contributed by atoms with E-state index in [-0.39, 0.29) is 0 Å². The van der Waals surface area contributed by atoms with Gasteiger partial charge >= 0.3 is 0 Å². The first-order valence-corrected chi connectivity index (χ1v) is 6.95. The summed E-state index contributed by atoms with van der Waals surface area (Å²) in [6.45, 7) is 2.09. The number of aryl methyl sites for hydroxylation is 1. The minimum absolute atomic E-state index is 0.375. The predicted octanol–water partition coefficient (Wildman–Crippen LogP) is 4.08. The van der Waals surface area contributed by atoms with Crippen molar-refractivity contribution in [2.75, 3.05) is 7.11 Å². The van der Waals surface area contributed by atoms with Gasteiger partial charge in [0.1, 0.15) is 11.6 Å². The van der Waals surface area contributed by atoms with Crippen LogP contribution in [0.1, 0.15) is 11.4 Å². The van der Waals surface area contributed by atoms with E-state index in [1.165, 1.54) is 5.56 Å². The van der Waals surface area contributed by atoms with Gasteiger partial charge in [0.05, 0.1) is 24.0 Å². The molecule has 0 radical (unpaired) electrons. The van der Waals surface area contributed by atoms with Crippen molar-refractivity contribution in [3.8, 4) is 11.4 Å².